The lowest BCUT2D eigenvalue weighted by Gasteiger charge is -2.19. The van der Waals surface area contributed by atoms with Gasteiger partial charge in [0.25, 0.3) is 5.91 Å². The first-order valence-electron chi connectivity index (χ1n) is 8.65. The first kappa shape index (κ1) is 16.4. The normalized spacial score (nSPS) is 14.8. The number of amides is 1. The van der Waals surface area contributed by atoms with Gasteiger partial charge in [-0.1, -0.05) is 35.9 Å². The fraction of sp³-hybridized carbons (Fsp3) is 0.238. The minimum atomic E-state index is -0.882. The van der Waals surface area contributed by atoms with E-state index in [-0.39, 0.29) is 0 Å². The van der Waals surface area contributed by atoms with E-state index < -0.39 is 11.5 Å². The van der Waals surface area contributed by atoms with E-state index in [4.69, 9.17) is 10.5 Å². The Morgan fingerprint density at radius 1 is 1.38 bits per heavy atom. The van der Waals surface area contributed by atoms with Gasteiger partial charge in [0.05, 0.1) is 6.20 Å². The number of primary amides is 1. The number of aryl methyl sites for hydroxylation is 1. The molecular weight excluding hydrogens is 326 g/mol. The lowest BCUT2D eigenvalue weighted by atomic mass is 9.95. The van der Waals surface area contributed by atoms with Crippen LogP contribution < -0.4 is 10.5 Å². The molecular formula is C21H20N3O2. The molecule has 1 saturated carbocycles. The van der Waals surface area contributed by atoms with E-state index in [0.29, 0.717) is 25.0 Å². The fourth-order valence-electron chi connectivity index (χ4n) is 3.18. The van der Waals surface area contributed by atoms with Crippen molar-refractivity contribution in [1.82, 2.24) is 10.2 Å². The molecule has 0 unspecified atom stereocenters. The van der Waals surface area contributed by atoms with Crippen molar-refractivity contribution in [3.05, 3.63) is 71.5 Å². The molecule has 2 aromatic carbocycles. The maximum absolute atomic E-state index is 11.8. The number of nitrogens with one attached hydrogen (secondary N) is 1. The molecule has 1 fully saturated rings. The van der Waals surface area contributed by atoms with Crippen LogP contribution in [0.15, 0.2) is 48.8 Å². The highest BCUT2D eigenvalue weighted by Gasteiger charge is 2.52. The topological polar surface area (TPSA) is 81.0 Å². The Morgan fingerprint density at radius 2 is 2.23 bits per heavy atom. The second-order valence-corrected chi connectivity index (χ2v) is 6.81. The number of nitrogens with zero attached hydrogens (tertiary/aromatic N) is 1. The summed E-state index contributed by atoms with van der Waals surface area (Å²) in [6.45, 7) is 2.07. The number of rotatable bonds is 6. The Morgan fingerprint density at radius 3 is 2.88 bits per heavy atom. The van der Waals surface area contributed by atoms with Crippen molar-refractivity contribution >= 4 is 5.91 Å². The summed E-state index contributed by atoms with van der Waals surface area (Å²) in [6.07, 6.45) is 5.59. The predicted octanol–water partition coefficient (Wildman–Crippen LogP) is 3.17. The average molecular weight is 346 g/mol. The van der Waals surface area contributed by atoms with Gasteiger partial charge in [0.15, 0.2) is 5.60 Å². The number of ether oxygens (including phenoxy) is 1. The van der Waals surface area contributed by atoms with Crippen molar-refractivity contribution < 1.29 is 9.53 Å². The summed E-state index contributed by atoms with van der Waals surface area (Å²) >= 11 is 0. The van der Waals surface area contributed by atoms with Crippen LogP contribution in [0.2, 0.25) is 0 Å². The molecule has 0 spiro atoms. The number of aromatic nitrogens is 2. The van der Waals surface area contributed by atoms with Gasteiger partial charge in [0, 0.05) is 42.7 Å². The largest absolute Gasteiger partial charge is 0.476 e. The average Bonchev–Trinajstić information content (AvgIpc) is 3.20. The highest BCUT2D eigenvalue weighted by atomic mass is 16.5. The number of hydrogen-bond donors (Lipinski definition) is 2. The molecule has 0 bridgehead atoms. The molecule has 1 aliphatic rings. The third kappa shape index (κ3) is 3.08. The van der Waals surface area contributed by atoms with Gasteiger partial charge in [-0.15, -0.1) is 0 Å². The van der Waals surface area contributed by atoms with E-state index in [1.54, 1.807) is 6.20 Å². The van der Waals surface area contributed by atoms with E-state index in [1.165, 1.54) is 11.1 Å². The Balaban J connectivity index is 1.78. The molecule has 1 heterocycles. The van der Waals surface area contributed by atoms with Gasteiger partial charge >= 0.3 is 0 Å². The van der Waals surface area contributed by atoms with Crippen LogP contribution in [-0.4, -0.2) is 21.7 Å². The third-order valence-corrected chi connectivity index (χ3v) is 4.79. The molecule has 131 valence electrons. The number of H-pyrrole nitrogens is 1. The molecule has 0 saturated heterocycles. The number of hydrogen-bond acceptors (Lipinski definition) is 3. The van der Waals surface area contributed by atoms with Crippen molar-refractivity contribution in [2.75, 3.05) is 0 Å². The van der Waals surface area contributed by atoms with Crippen LogP contribution in [0.3, 0.4) is 0 Å². The minimum absolute atomic E-state index is 0.416. The van der Waals surface area contributed by atoms with Gasteiger partial charge < -0.3 is 10.5 Å². The zero-order valence-electron chi connectivity index (χ0n) is 14.6. The number of nitrogens with two attached hydrogens (primary N) is 1. The smallest absolute Gasteiger partial charge is 0.261 e. The van der Waals surface area contributed by atoms with Crippen LogP contribution in [0.25, 0.3) is 11.1 Å². The lowest BCUT2D eigenvalue weighted by molar-refractivity contribution is -0.126. The molecule has 5 heteroatoms. The summed E-state index contributed by atoms with van der Waals surface area (Å²) in [6, 6.07) is 15.3. The quantitative estimate of drug-likeness (QED) is 0.719. The van der Waals surface area contributed by atoms with Gasteiger partial charge in [-0.05, 0) is 24.1 Å². The van der Waals surface area contributed by atoms with Crippen molar-refractivity contribution in [3.8, 4) is 16.9 Å². The molecule has 1 aromatic heterocycles. The number of aromatic amines is 1. The first-order valence-corrected chi connectivity index (χ1v) is 8.65. The molecule has 0 aliphatic heterocycles. The molecule has 1 aliphatic carbocycles. The number of carbonyl (C=O) groups is 1. The van der Waals surface area contributed by atoms with E-state index in [2.05, 4.69) is 41.4 Å². The Bertz CT molecular complexity index is 944. The Kier molecular flexibility index (Phi) is 3.99. The monoisotopic (exact) mass is 346 g/mol. The van der Waals surface area contributed by atoms with Crippen molar-refractivity contribution in [2.45, 2.75) is 31.8 Å². The summed E-state index contributed by atoms with van der Waals surface area (Å²) in [7, 11) is 0. The van der Waals surface area contributed by atoms with E-state index in [1.807, 2.05) is 24.4 Å². The van der Waals surface area contributed by atoms with Crippen LogP contribution >= 0.6 is 0 Å². The minimum Gasteiger partial charge on any atom is -0.476 e. The van der Waals surface area contributed by atoms with Crippen LogP contribution in [0.5, 0.6) is 5.75 Å². The van der Waals surface area contributed by atoms with Gasteiger partial charge in [-0.2, -0.15) is 5.10 Å². The zero-order valence-corrected chi connectivity index (χ0v) is 14.6. The second-order valence-electron chi connectivity index (χ2n) is 6.81. The van der Waals surface area contributed by atoms with Crippen LogP contribution in [0, 0.1) is 13.0 Å². The molecule has 0 atom stereocenters. The summed E-state index contributed by atoms with van der Waals surface area (Å²) in [5.41, 5.74) is 9.99. The first-order chi connectivity index (χ1) is 12.6. The summed E-state index contributed by atoms with van der Waals surface area (Å²) < 4.78 is 6.09. The highest BCUT2D eigenvalue weighted by molar-refractivity contribution is 5.87. The fourth-order valence-corrected chi connectivity index (χ4v) is 3.18. The maximum atomic E-state index is 11.8. The van der Waals surface area contributed by atoms with E-state index in [0.717, 1.165) is 16.7 Å². The molecule has 1 radical (unpaired) electrons. The number of carbonyl (C=O) groups excluding carboxylic acids is 1. The van der Waals surface area contributed by atoms with Gasteiger partial charge in [-0.25, -0.2) is 0 Å². The standard InChI is InChI=1S/C21H20N3O2/c1-14-4-2-5-15(10-14)11-18-17(16-12-23-24-13-16)6-3-7-19(18)26-21(8-9-21)20(22)25/h2-6,10,12-13H,8-9,11H2,1H3,(H2,22,25)(H,23,24). The molecule has 3 N–H and O–H groups in total. The highest BCUT2D eigenvalue weighted by Crippen LogP contribution is 2.42. The van der Waals surface area contributed by atoms with E-state index >= 15 is 0 Å². The molecule has 1 amide bonds. The zero-order chi connectivity index (χ0) is 18.1. The summed E-state index contributed by atoms with van der Waals surface area (Å²) in [5, 5.41) is 6.91. The van der Waals surface area contributed by atoms with Gasteiger partial charge in [0.1, 0.15) is 5.75 Å². The van der Waals surface area contributed by atoms with Crippen LogP contribution in [-0.2, 0) is 11.2 Å². The van der Waals surface area contributed by atoms with Crippen molar-refractivity contribution in [3.63, 3.8) is 0 Å². The van der Waals surface area contributed by atoms with E-state index in [9.17, 15) is 4.79 Å². The SMILES string of the molecule is Cc1cccc(Cc2c(OC3(C(N)=O)CC3)[c]ccc2-c2cn[nH]c2)c1. The molecule has 26 heavy (non-hydrogen) atoms. The molecule has 5 nitrogen and oxygen atoms in total. The lowest BCUT2D eigenvalue weighted by Crippen LogP contribution is -2.36. The van der Waals surface area contributed by atoms with Gasteiger partial charge in [-0.3, -0.25) is 9.89 Å². The van der Waals surface area contributed by atoms with Crippen LogP contribution in [0.4, 0.5) is 0 Å². The number of benzene rings is 2. The summed E-state index contributed by atoms with van der Waals surface area (Å²) in [5.74, 6) is 0.169. The molecule has 3 aromatic rings. The summed E-state index contributed by atoms with van der Waals surface area (Å²) in [4.78, 5) is 11.8. The Labute approximate surface area is 152 Å². The predicted molar refractivity (Wildman–Crippen MR) is 98.6 cm³/mol. The van der Waals surface area contributed by atoms with Crippen molar-refractivity contribution in [2.24, 2.45) is 5.73 Å². The third-order valence-electron chi connectivity index (χ3n) is 4.79. The van der Waals surface area contributed by atoms with Gasteiger partial charge in [0.2, 0.25) is 0 Å². The molecule has 4 rings (SSSR count). The maximum Gasteiger partial charge on any atom is 0.261 e. The van der Waals surface area contributed by atoms with Crippen molar-refractivity contribution in [1.29, 1.82) is 0 Å². The Hall–Kier alpha value is -3.08. The second kappa shape index (κ2) is 6.33. The van der Waals surface area contributed by atoms with Crippen LogP contribution in [0.1, 0.15) is 29.5 Å².